The zero-order chi connectivity index (χ0) is 14.5. The molecule has 0 saturated heterocycles. The zero-order valence-corrected chi connectivity index (χ0v) is 10.9. The van der Waals surface area contributed by atoms with Gasteiger partial charge in [-0.2, -0.15) is 0 Å². The van der Waals surface area contributed by atoms with E-state index < -0.39 is 16.4 Å². The second kappa shape index (κ2) is 6.14. The highest BCUT2D eigenvalue weighted by molar-refractivity contribution is 5.84. The fourth-order valence-electron chi connectivity index (χ4n) is 1.55. The molecule has 0 aliphatic rings. The van der Waals surface area contributed by atoms with Crippen LogP contribution >= 0.6 is 0 Å². The number of nitrogens with one attached hydrogen (secondary N) is 1. The van der Waals surface area contributed by atoms with E-state index in [4.69, 9.17) is 10.5 Å². The van der Waals surface area contributed by atoms with Gasteiger partial charge in [-0.25, -0.2) is 0 Å². The molecular weight excluding hydrogens is 250 g/mol. The van der Waals surface area contributed by atoms with Gasteiger partial charge in [0.05, 0.1) is 4.92 Å². The van der Waals surface area contributed by atoms with Gasteiger partial charge in [-0.3, -0.25) is 14.9 Å². The summed E-state index contributed by atoms with van der Waals surface area (Å²) in [5, 5.41) is 13.7. The van der Waals surface area contributed by atoms with Crippen LogP contribution < -0.4 is 15.8 Å². The number of carbonyl (C=O) groups is 1. The SMILES string of the molecule is CCNC(C)(COc1ccccc1[N+](=O)[O-])C(N)=O. The first kappa shape index (κ1) is 14.9. The minimum atomic E-state index is -1.07. The molecule has 1 unspecified atom stereocenters. The van der Waals surface area contributed by atoms with E-state index in [0.717, 1.165) is 0 Å². The van der Waals surface area contributed by atoms with Gasteiger partial charge in [0.2, 0.25) is 5.91 Å². The first-order chi connectivity index (χ1) is 8.90. The fraction of sp³-hybridized carbons (Fsp3) is 0.417. The van der Waals surface area contributed by atoms with E-state index in [1.807, 2.05) is 6.92 Å². The van der Waals surface area contributed by atoms with E-state index in [0.29, 0.717) is 6.54 Å². The van der Waals surface area contributed by atoms with Crippen LogP contribution in [0.5, 0.6) is 5.75 Å². The molecule has 7 heteroatoms. The normalized spacial score (nSPS) is 13.6. The van der Waals surface area contributed by atoms with E-state index in [2.05, 4.69) is 5.32 Å². The molecule has 1 aromatic rings. The van der Waals surface area contributed by atoms with Crippen molar-refractivity contribution in [2.45, 2.75) is 19.4 Å². The monoisotopic (exact) mass is 267 g/mol. The van der Waals surface area contributed by atoms with Crippen molar-refractivity contribution >= 4 is 11.6 Å². The second-order valence-electron chi connectivity index (χ2n) is 4.24. The molecule has 7 nitrogen and oxygen atoms in total. The summed E-state index contributed by atoms with van der Waals surface area (Å²) in [5.41, 5.74) is 4.09. The molecular formula is C12H17N3O4. The Bertz CT molecular complexity index is 478. The third-order valence-corrected chi connectivity index (χ3v) is 2.69. The molecule has 19 heavy (non-hydrogen) atoms. The van der Waals surface area contributed by atoms with E-state index >= 15 is 0 Å². The number of primary amides is 1. The van der Waals surface area contributed by atoms with Gasteiger partial charge in [-0.05, 0) is 19.5 Å². The molecule has 0 saturated carbocycles. The Morgan fingerprint density at radius 1 is 1.53 bits per heavy atom. The Balaban J connectivity index is 2.86. The molecule has 0 fully saturated rings. The summed E-state index contributed by atoms with van der Waals surface area (Å²) >= 11 is 0. The Labute approximate surface area is 110 Å². The molecule has 1 aromatic carbocycles. The number of ether oxygens (including phenoxy) is 1. The molecule has 0 radical (unpaired) electrons. The average Bonchev–Trinajstić information content (AvgIpc) is 2.36. The van der Waals surface area contributed by atoms with Gasteiger partial charge in [0.1, 0.15) is 12.1 Å². The predicted molar refractivity (Wildman–Crippen MR) is 69.9 cm³/mol. The lowest BCUT2D eigenvalue weighted by Crippen LogP contribution is -2.57. The third-order valence-electron chi connectivity index (χ3n) is 2.69. The summed E-state index contributed by atoms with van der Waals surface area (Å²) in [4.78, 5) is 21.7. The summed E-state index contributed by atoms with van der Waals surface area (Å²) < 4.78 is 5.37. The number of benzene rings is 1. The molecule has 0 spiro atoms. The minimum Gasteiger partial charge on any atom is -0.484 e. The second-order valence-corrected chi connectivity index (χ2v) is 4.24. The number of nitrogens with zero attached hydrogens (tertiary/aromatic N) is 1. The van der Waals surface area contributed by atoms with Gasteiger partial charge in [0.15, 0.2) is 5.75 Å². The van der Waals surface area contributed by atoms with Crippen LogP contribution in [0.4, 0.5) is 5.69 Å². The molecule has 1 rings (SSSR count). The number of nitrogens with two attached hydrogens (primary N) is 1. The summed E-state index contributed by atoms with van der Waals surface area (Å²) in [7, 11) is 0. The molecule has 0 bridgehead atoms. The molecule has 1 amide bonds. The van der Waals surface area contributed by atoms with Gasteiger partial charge in [0.25, 0.3) is 0 Å². The summed E-state index contributed by atoms with van der Waals surface area (Å²) in [6.45, 7) is 3.86. The lowest BCUT2D eigenvalue weighted by molar-refractivity contribution is -0.385. The fourth-order valence-corrected chi connectivity index (χ4v) is 1.55. The van der Waals surface area contributed by atoms with Gasteiger partial charge in [0, 0.05) is 6.07 Å². The van der Waals surface area contributed by atoms with Crippen molar-refractivity contribution < 1.29 is 14.5 Å². The van der Waals surface area contributed by atoms with Crippen molar-refractivity contribution in [1.82, 2.24) is 5.32 Å². The topological polar surface area (TPSA) is 107 Å². The molecule has 104 valence electrons. The van der Waals surface area contributed by atoms with E-state index in [-0.39, 0.29) is 18.0 Å². The molecule has 3 N–H and O–H groups in total. The van der Waals surface area contributed by atoms with E-state index in [9.17, 15) is 14.9 Å². The smallest absolute Gasteiger partial charge is 0.310 e. The van der Waals surface area contributed by atoms with Crippen molar-refractivity contribution in [3.8, 4) is 5.75 Å². The molecule has 0 aliphatic carbocycles. The molecule has 1 atom stereocenters. The summed E-state index contributed by atoms with van der Waals surface area (Å²) in [5.74, 6) is -0.467. The van der Waals surface area contributed by atoms with Crippen LogP contribution in [0.1, 0.15) is 13.8 Å². The molecule has 0 aliphatic heterocycles. The number of nitro groups is 1. The van der Waals surface area contributed by atoms with Crippen molar-refractivity contribution in [3.63, 3.8) is 0 Å². The quantitative estimate of drug-likeness (QED) is 0.562. The average molecular weight is 267 g/mol. The Morgan fingerprint density at radius 3 is 2.68 bits per heavy atom. The van der Waals surface area contributed by atoms with E-state index in [1.165, 1.54) is 12.1 Å². The number of para-hydroxylation sites is 2. The van der Waals surface area contributed by atoms with Crippen LogP contribution in [0.3, 0.4) is 0 Å². The lowest BCUT2D eigenvalue weighted by Gasteiger charge is -2.26. The Morgan fingerprint density at radius 2 is 2.16 bits per heavy atom. The highest BCUT2D eigenvalue weighted by Gasteiger charge is 2.31. The molecule has 0 aromatic heterocycles. The van der Waals surface area contributed by atoms with E-state index in [1.54, 1.807) is 19.1 Å². The third kappa shape index (κ3) is 3.65. The van der Waals surface area contributed by atoms with Crippen LogP contribution in [-0.4, -0.2) is 29.5 Å². The van der Waals surface area contributed by atoms with Crippen LogP contribution in [0, 0.1) is 10.1 Å². The van der Waals surface area contributed by atoms with Crippen molar-refractivity contribution in [2.75, 3.05) is 13.2 Å². The van der Waals surface area contributed by atoms with Gasteiger partial charge in [-0.1, -0.05) is 19.1 Å². The number of amides is 1. The first-order valence-electron chi connectivity index (χ1n) is 5.82. The molecule has 0 heterocycles. The maximum atomic E-state index is 11.4. The standard InChI is InChI=1S/C12H17N3O4/c1-3-14-12(2,11(13)16)8-19-10-7-5-4-6-9(10)15(17)18/h4-7,14H,3,8H2,1-2H3,(H2,13,16). The number of hydrogen-bond acceptors (Lipinski definition) is 5. The minimum absolute atomic E-state index is 0.0823. The van der Waals surface area contributed by atoms with Crippen molar-refractivity contribution in [2.24, 2.45) is 5.73 Å². The number of nitro benzene ring substituents is 1. The highest BCUT2D eigenvalue weighted by atomic mass is 16.6. The predicted octanol–water partition coefficient (Wildman–Crippen LogP) is 0.827. The summed E-state index contributed by atoms with van der Waals surface area (Å²) in [6, 6.07) is 5.98. The van der Waals surface area contributed by atoms with Crippen LogP contribution in [0.25, 0.3) is 0 Å². The van der Waals surface area contributed by atoms with Crippen LogP contribution in [0.2, 0.25) is 0 Å². The zero-order valence-electron chi connectivity index (χ0n) is 10.9. The number of likely N-dealkylation sites (N-methyl/N-ethyl adjacent to an activating group) is 1. The summed E-state index contributed by atoms with van der Waals surface area (Å²) in [6.07, 6.45) is 0. The lowest BCUT2D eigenvalue weighted by atomic mass is 10.0. The van der Waals surface area contributed by atoms with Crippen LogP contribution in [0.15, 0.2) is 24.3 Å². The Hall–Kier alpha value is -2.15. The largest absolute Gasteiger partial charge is 0.484 e. The van der Waals surface area contributed by atoms with Crippen LogP contribution in [-0.2, 0) is 4.79 Å². The van der Waals surface area contributed by atoms with Gasteiger partial charge < -0.3 is 15.8 Å². The highest BCUT2D eigenvalue weighted by Crippen LogP contribution is 2.26. The maximum Gasteiger partial charge on any atom is 0.310 e. The number of rotatable bonds is 7. The van der Waals surface area contributed by atoms with Gasteiger partial charge >= 0.3 is 5.69 Å². The maximum absolute atomic E-state index is 11.4. The van der Waals surface area contributed by atoms with Crippen molar-refractivity contribution in [1.29, 1.82) is 0 Å². The Kier molecular flexibility index (Phi) is 4.82. The number of hydrogen-bond donors (Lipinski definition) is 2. The number of carbonyl (C=O) groups excluding carboxylic acids is 1. The first-order valence-corrected chi connectivity index (χ1v) is 5.82. The van der Waals surface area contributed by atoms with Gasteiger partial charge in [-0.15, -0.1) is 0 Å². The van der Waals surface area contributed by atoms with Crippen molar-refractivity contribution in [3.05, 3.63) is 34.4 Å².